The molecule has 0 saturated carbocycles. The van der Waals surface area contributed by atoms with Crippen LogP contribution in [0, 0.1) is 0 Å². The lowest BCUT2D eigenvalue weighted by Gasteiger charge is -2.23. The molecule has 0 atom stereocenters. The van der Waals surface area contributed by atoms with Crippen LogP contribution in [-0.4, -0.2) is 37.4 Å². The SMILES string of the molecule is CCN(c1ccccc1)c1cccc2c(-c3cc4nccc(C(=O)O)c4[nH]3)n(C)nc12. The van der Waals surface area contributed by atoms with Gasteiger partial charge >= 0.3 is 5.97 Å². The Kier molecular flexibility index (Phi) is 4.43. The lowest BCUT2D eigenvalue weighted by molar-refractivity contribution is 0.0698. The molecule has 0 aliphatic rings. The van der Waals surface area contributed by atoms with Gasteiger partial charge in [0.05, 0.1) is 33.7 Å². The number of nitrogens with one attached hydrogen (secondary N) is 1. The van der Waals surface area contributed by atoms with Gasteiger partial charge in [-0.25, -0.2) is 4.79 Å². The van der Waals surface area contributed by atoms with Gasteiger partial charge in [-0.05, 0) is 37.3 Å². The number of rotatable bonds is 5. The molecular weight excluding hydrogens is 390 g/mol. The minimum absolute atomic E-state index is 0.199. The van der Waals surface area contributed by atoms with E-state index in [2.05, 4.69) is 40.0 Å². The molecule has 0 unspecified atom stereocenters. The highest BCUT2D eigenvalue weighted by molar-refractivity contribution is 6.05. The van der Waals surface area contributed by atoms with E-state index in [4.69, 9.17) is 5.10 Å². The fourth-order valence-corrected chi connectivity index (χ4v) is 4.17. The van der Waals surface area contributed by atoms with Gasteiger partial charge in [0.25, 0.3) is 0 Å². The number of carbonyl (C=O) groups is 1. The predicted octanol–water partition coefficient (Wildman–Crippen LogP) is 4.97. The van der Waals surface area contributed by atoms with Gasteiger partial charge < -0.3 is 15.0 Å². The van der Waals surface area contributed by atoms with Gasteiger partial charge in [-0.2, -0.15) is 5.10 Å². The minimum atomic E-state index is -0.987. The number of aryl methyl sites for hydroxylation is 1. The highest BCUT2D eigenvalue weighted by Gasteiger charge is 2.20. The third-order valence-corrected chi connectivity index (χ3v) is 5.52. The molecule has 0 fully saturated rings. The van der Waals surface area contributed by atoms with E-state index in [1.54, 1.807) is 0 Å². The standard InChI is InChI=1S/C24H21N5O2/c1-3-29(15-8-5-4-6-9-15)20-11-7-10-16-22(20)27-28(2)23(16)19-14-18-21(26-19)17(24(30)31)12-13-25-18/h4-14,26H,3H2,1-2H3,(H,30,31). The Morgan fingerprint density at radius 2 is 1.94 bits per heavy atom. The Morgan fingerprint density at radius 3 is 2.68 bits per heavy atom. The first-order valence-electron chi connectivity index (χ1n) is 10.1. The summed E-state index contributed by atoms with van der Waals surface area (Å²) in [5.74, 6) is -0.987. The molecule has 154 valence electrons. The zero-order valence-electron chi connectivity index (χ0n) is 17.2. The van der Waals surface area contributed by atoms with Gasteiger partial charge in [0, 0.05) is 30.9 Å². The summed E-state index contributed by atoms with van der Waals surface area (Å²) in [6, 6.07) is 19.8. The zero-order chi connectivity index (χ0) is 21.5. The highest BCUT2D eigenvalue weighted by atomic mass is 16.4. The van der Waals surface area contributed by atoms with Gasteiger partial charge in [0.1, 0.15) is 5.52 Å². The minimum Gasteiger partial charge on any atom is -0.478 e. The van der Waals surface area contributed by atoms with Crippen LogP contribution in [0.3, 0.4) is 0 Å². The summed E-state index contributed by atoms with van der Waals surface area (Å²) in [5.41, 5.74) is 5.99. The summed E-state index contributed by atoms with van der Waals surface area (Å²) >= 11 is 0. The van der Waals surface area contributed by atoms with Crippen molar-refractivity contribution >= 4 is 39.3 Å². The molecule has 3 aromatic heterocycles. The summed E-state index contributed by atoms with van der Waals surface area (Å²) in [6.07, 6.45) is 1.52. The van der Waals surface area contributed by atoms with Crippen LogP contribution < -0.4 is 4.90 Å². The zero-order valence-corrected chi connectivity index (χ0v) is 17.2. The number of carboxylic acid groups (broad SMARTS) is 1. The van der Waals surface area contributed by atoms with Gasteiger partial charge in [-0.15, -0.1) is 0 Å². The second-order valence-electron chi connectivity index (χ2n) is 7.33. The first-order valence-corrected chi connectivity index (χ1v) is 10.1. The van der Waals surface area contributed by atoms with Crippen molar-refractivity contribution in [1.82, 2.24) is 19.7 Å². The van der Waals surface area contributed by atoms with E-state index < -0.39 is 5.97 Å². The molecule has 0 radical (unpaired) electrons. The summed E-state index contributed by atoms with van der Waals surface area (Å²) in [6.45, 7) is 2.92. The number of pyridine rings is 1. The molecule has 7 heteroatoms. The van der Waals surface area contributed by atoms with Crippen LogP contribution >= 0.6 is 0 Å². The van der Waals surface area contributed by atoms with E-state index in [0.717, 1.165) is 40.2 Å². The third kappa shape index (κ3) is 3.02. The molecule has 2 N–H and O–H groups in total. The van der Waals surface area contributed by atoms with Crippen molar-refractivity contribution in [1.29, 1.82) is 0 Å². The summed E-state index contributed by atoms with van der Waals surface area (Å²) in [4.78, 5) is 21.4. The van der Waals surface area contributed by atoms with Crippen LogP contribution in [0.1, 0.15) is 17.3 Å². The second-order valence-corrected chi connectivity index (χ2v) is 7.33. The number of H-pyrrole nitrogens is 1. The number of aromatic amines is 1. The molecule has 0 saturated heterocycles. The first-order chi connectivity index (χ1) is 15.1. The topological polar surface area (TPSA) is 87.0 Å². The number of aromatic nitrogens is 4. The Morgan fingerprint density at radius 1 is 1.13 bits per heavy atom. The van der Waals surface area contributed by atoms with E-state index in [1.807, 2.05) is 48.1 Å². The van der Waals surface area contributed by atoms with Gasteiger partial charge in [-0.1, -0.05) is 30.3 Å². The number of aromatic carboxylic acids is 1. The molecular formula is C24H21N5O2. The van der Waals surface area contributed by atoms with E-state index >= 15 is 0 Å². The Labute approximate surface area is 178 Å². The van der Waals surface area contributed by atoms with Crippen molar-refractivity contribution in [2.75, 3.05) is 11.4 Å². The Balaban J connectivity index is 1.71. The van der Waals surface area contributed by atoms with Crippen molar-refractivity contribution in [2.45, 2.75) is 6.92 Å². The number of fused-ring (bicyclic) bond motifs is 2. The molecule has 0 amide bonds. The lowest BCUT2D eigenvalue weighted by atomic mass is 10.1. The van der Waals surface area contributed by atoms with Gasteiger partial charge in [0.15, 0.2) is 0 Å². The maximum absolute atomic E-state index is 11.6. The van der Waals surface area contributed by atoms with Crippen LogP contribution in [0.5, 0.6) is 0 Å². The average molecular weight is 411 g/mol. The maximum atomic E-state index is 11.6. The smallest absolute Gasteiger partial charge is 0.337 e. The largest absolute Gasteiger partial charge is 0.478 e. The molecule has 0 spiro atoms. The van der Waals surface area contributed by atoms with E-state index in [1.165, 1.54) is 12.3 Å². The van der Waals surface area contributed by atoms with E-state index in [-0.39, 0.29) is 5.56 Å². The maximum Gasteiger partial charge on any atom is 0.337 e. The normalized spacial score (nSPS) is 11.3. The number of hydrogen-bond acceptors (Lipinski definition) is 4. The Bertz CT molecular complexity index is 1420. The molecule has 0 aliphatic heterocycles. The van der Waals surface area contributed by atoms with Crippen molar-refractivity contribution in [3.63, 3.8) is 0 Å². The molecule has 0 bridgehead atoms. The van der Waals surface area contributed by atoms with Gasteiger partial charge in [0.2, 0.25) is 0 Å². The molecule has 31 heavy (non-hydrogen) atoms. The van der Waals surface area contributed by atoms with E-state index in [0.29, 0.717) is 11.0 Å². The second kappa shape index (κ2) is 7.28. The van der Waals surface area contributed by atoms with Crippen LogP contribution in [0.4, 0.5) is 11.4 Å². The molecule has 2 aromatic carbocycles. The van der Waals surface area contributed by atoms with E-state index in [9.17, 15) is 9.90 Å². The Hall–Kier alpha value is -4.13. The van der Waals surface area contributed by atoms with Crippen LogP contribution in [0.25, 0.3) is 33.3 Å². The number of benzene rings is 2. The number of hydrogen-bond donors (Lipinski definition) is 2. The third-order valence-electron chi connectivity index (χ3n) is 5.52. The van der Waals surface area contributed by atoms with Crippen LogP contribution in [-0.2, 0) is 7.05 Å². The molecule has 5 aromatic rings. The molecule has 0 aliphatic carbocycles. The molecule has 5 rings (SSSR count). The molecule has 3 heterocycles. The van der Waals surface area contributed by atoms with Crippen molar-refractivity contribution in [3.05, 3.63) is 72.4 Å². The summed E-state index contributed by atoms with van der Waals surface area (Å²) < 4.78 is 1.83. The number of para-hydroxylation sites is 1. The monoisotopic (exact) mass is 411 g/mol. The number of anilines is 2. The van der Waals surface area contributed by atoms with Crippen LogP contribution in [0.15, 0.2) is 66.9 Å². The predicted molar refractivity (Wildman–Crippen MR) is 122 cm³/mol. The van der Waals surface area contributed by atoms with Crippen molar-refractivity contribution in [3.8, 4) is 11.4 Å². The number of carboxylic acids is 1. The summed E-state index contributed by atoms with van der Waals surface area (Å²) in [5, 5.41) is 15.3. The first kappa shape index (κ1) is 18.9. The number of nitrogens with zero attached hydrogens (tertiary/aromatic N) is 4. The average Bonchev–Trinajstić information content (AvgIpc) is 3.35. The summed E-state index contributed by atoms with van der Waals surface area (Å²) in [7, 11) is 1.90. The fraction of sp³-hybridized carbons (Fsp3) is 0.125. The molecule has 7 nitrogen and oxygen atoms in total. The quantitative estimate of drug-likeness (QED) is 0.426. The van der Waals surface area contributed by atoms with Crippen molar-refractivity contribution < 1.29 is 9.90 Å². The lowest BCUT2D eigenvalue weighted by Crippen LogP contribution is -2.16. The highest BCUT2D eigenvalue weighted by Crippen LogP contribution is 2.36. The fourth-order valence-electron chi connectivity index (χ4n) is 4.17. The van der Waals surface area contributed by atoms with Crippen LogP contribution in [0.2, 0.25) is 0 Å². The van der Waals surface area contributed by atoms with Crippen molar-refractivity contribution in [2.24, 2.45) is 7.05 Å². The van der Waals surface area contributed by atoms with Gasteiger partial charge in [-0.3, -0.25) is 9.67 Å².